The van der Waals surface area contributed by atoms with Gasteiger partial charge in [0.1, 0.15) is 11.6 Å². The first-order chi connectivity index (χ1) is 31.2. The molecule has 0 bridgehead atoms. The molecule has 4 heteroatoms. The first-order valence-corrected chi connectivity index (χ1v) is 28.7. The molecule has 0 aliphatic carbocycles. The van der Waals surface area contributed by atoms with Crippen molar-refractivity contribution in [1.29, 1.82) is 0 Å². The second-order valence-electron chi connectivity index (χ2n) is 20.8. The fraction of sp³-hybridized carbons (Fsp3) is 0.867. The summed E-state index contributed by atoms with van der Waals surface area (Å²) in [5, 5.41) is 0. The lowest BCUT2D eigenvalue weighted by atomic mass is 9.79. The number of ketones is 2. The van der Waals surface area contributed by atoms with Crippen molar-refractivity contribution in [2.75, 3.05) is 27.7 Å². The lowest BCUT2D eigenvalue weighted by molar-refractivity contribution is -0.920. The molecule has 0 N–H and O–H groups in total. The van der Waals surface area contributed by atoms with E-state index in [-0.39, 0.29) is 23.8 Å². The van der Waals surface area contributed by atoms with Gasteiger partial charge in [-0.1, -0.05) is 212 Å². The highest BCUT2D eigenvalue weighted by molar-refractivity contribution is 5.90. The van der Waals surface area contributed by atoms with Crippen molar-refractivity contribution in [1.82, 2.24) is 0 Å². The monoisotopic (exact) mass is 897 g/mol. The number of carbonyl (C=O) groups excluding carboxylic acids is 2. The number of rotatable bonds is 51. The van der Waals surface area contributed by atoms with E-state index in [2.05, 4.69) is 85.3 Å². The Labute approximate surface area is 402 Å². The number of Topliss-reactive ketones (excluding diaryl/α,β-unsaturated/α-hetero) is 2. The highest BCUT2D eigenvalue weighted by Gasteiger charge is 2.34. The van der Waals surface area contributed by atoms with Crippen LogP contribution in [0.25, 0.3) is 0 Å². The van der Waals surface area contributed by atoms with Gasteiger partial charge in [-0.05, 0) is 96.3 Å². The summed E-state index contributed by atoms with van der Waals surface area (Å²) >= 11 is 0. The van der Waals surface area contributed by atoms with Crippen molar-refractivity contribution in [3.05, 3.63) is 36.5 Å². The lowest BCUT2D eigenvalue weighted by Gasteiger charge is -2.35. The molecule has 4 nitrogen and oxygen atoms in total. The Hall–Kier alpha value is -1.52. The number of hydrogen-bond acceptors (Lipinski definition) is 3. The van der Waals surface area contributed by atoms with Crippen LogP contribution in [-0.4, -0.2) is 50.0 Å². The molecule has 0 heterocycles. The SMILES string of the molecule is CCCCCCCC/C=C\CCCCCCCC(=O)C(CCCCC/C=C\CCCCCCCC)C(COC(CC)[N+](C)(C)C)C(=O)CCCCCCC/C=C\CCCCCCCC. The summed E-state index contributed by atoms with van der Waals surface area (Å²) in [6, 6.07) is 0. The van der Waals surface area contributed by atoms with Crippen molar-refractivity contribution in [2.24, 2.45) is 11.8 Å². The van der Waals surface area contributed by atoms with Crippen LogP contribution in [0.5, 0.6) is 0 Å². The smallest absolute Gasteiger partial charge is 0.192 e. The van der Waals surface area contributed by atoms with Crippen molar-refractivity contribution < 1.29 is 18.8 Å². The maximum Gasteiger partial charge on any atom is 0.192 e. The van der Waals surface area contributed by atoms with Crippen LogP contribution in [-0.2, 0) is 14.3 Å². The van der Waals surface area contributed by atoms with Crippen LogP contribution in [0.1, 0.15) is 291 Å². The Kier molecular flexibility index (Phi) is 46.8. The zero-order valence-corrected chi connectivity index (χ0v) is 44.6. The van der Waals surface area contributed by atoms with E-state index >= 15 is 0 Å². The third-order valence-electron chi connectivity index (χ3n) is 13.6. The molecule has 376 valence electrons. The van der Waals surface area contributed by atoms with Gasteiger partial charge in [-0.2, -0.15) is 0 Å². The minimum atomic E-state index is -0.328. The van der Waals surface area contributed by atoms with Gasteiger partial charge in [0, 0.05) is 25.2 Å². The molecule has 0 amide bonds. The summed E-state index contributed by atoms with van der Waals surface area (Å²) in [4.78, 5) is 28.5. The fourth-order valence-electron chi connectivity index (χ4n) is 9.32. The normalized spacial score (nSPS) is 13.8. The number of ether oxygens (including phenoxy) is 1. The van der Waals surface area contributed by atoms with E-state index in [9.17, 15) is 9.59 Å². The molecule has 0 fully saturated rings. The van der Waals surface area contributed by atoms with Crippen LogP contribution in [0, 0.1) is 11.8 Å². The van der Waals surface area contributed by atoms with Gasteiger partial charge in [0.05, 0.1) is 33.7 Å². The van der Waals surface area contributed by atoms with Gasteiger partial charge in [-0.15, -0.1) is 0 Å². The van der Waals surface area contributed by atoms with Crippen LogP contribution >= 0.6 is 0 Å². The van der Waals surface area contributed by atoms with Gasteiger partial charge < -0.3 is 9.22 Å². The van der Waals surface area contributed by atoms with Crippen molar-refractivity contribution >= 4 is 11.6 Å². The van der Waals surface area contributed by atoms with Gasteiger partial charge >= 0.3 is 0 Å². The van der Waals surface area contributed by atoms with Crippen molar-refractivity contribution in [2.45, 2.75) is 297 Å². The number of nitrogens with zero attached hydrogens (tertiary/aromatic N) is 1. The molecule has 0 aliphatic rings. The minimum Gasteiger partial charge on any atom is -0.328 e. The molecule has 0 saturated carbocycles. The summed E-state index contributed by atoms with van der Waals surface area (Å²) in [6.45, 7) is 9.40. The second-order valence-corrected chi connectivity index (χ2v) is 20.8. The van der Waals surface area contributed by atoms with Crippen molar-refractivity contribution in [3.8, 4) is 0 Å². The van der Waals surface area contributed by atoms with Crippen LogP contribution in [0.15, 0.2) is 36.5 Å². The van der Waals surface area contributed by atoms with E-state index in [4.69, 9.17) is 4.74 Å². The van der Waals surface area contributed by atoms with Gasteiger partial charge in [0.25, 0.3) is 0 Å². The van der Waals surface area contributed by atoms with Gasteiger partial charge in [0.2, 0.25) is 0 Å². The number of unbranched alkanes of at least 4 members (excludes halogenated alkanes) is 31. The molecule has 0 saturated heterocycles. The first kappa shape index (κ1) is 62.5. The van der Waals surface area contributed by atoms with E-state index in [0.29, 0.717) is 29.7 Å². The second kappa shape index (κ2) is 48.0. The first-order valence-electron chi connectivity index (χ1n) is 28.7. The lowest BCUT2D eigenvalue weighted by Crippen LogP contribution is -2.47. The number of carbonyl (C=O) groups is 2. The molecule has 0 rings (SSSR count). The summed E-state index contributed by atoms with van der Waals surface area (Å²) in [7, 11) is 6.52. The zero-order valence-electron chi connectivity index (χ0n) is 44.6. The molecule has 3 atom stereocenters. The molecule has 0 radical (unpaired) electrons. The molecule has 0 aromatic carbocycles. The number of allylic oxidation sites excluding steroid dienone is 6. The minimum absolute atomic E-state index is 0.0134. The summed E-state index contributed by atoms with van der Waals surface area (Å²) in [6.07, 6.45) is 63.5. The Balaban J connectivity index is 5.25. The van der Waals surface area contributed by atoms with Crippen molar-refractivity contribution in [3.63, 3.8) is 0 Å². The maximum absolute atomic E-state index is 14.3. The standard InChI is InChI=1S/C60H114NO3/c1-8-12-15-18-21-24-27-30-32-35-38-41-44-47-50-53-58(62)56(52-49-46-43-40-37-34-29-26-23-20-17-14-10-3)57(55-64-60(11-4)61(5,6)7)59(63)54-51-48-45-42-39-36-33-31-28-25-22-19-16-13-9-2/h30-34,37,56-57,60H,8-29,35-36,38-55H2,1-7H3/q+1/b32-30-,33-31-,37-34-. The van der Waals surface area contributed by atoms with Crippen LogP contribution < -0.4 is 0 Å². The third kappa shape index (κ3) is 40.7. The number of quaternary nitrogens is 1. The van der Waals surface area contributed by atoms with E-state index in [1.54, 1.807) is 0 Å². The predicted molar refractivity (Wildman–Crippen MR) is 284 cm³/mol. The van der Waals surface area contributed by atoms with Crippen LogP contribution in [0.4, 0.5) is 0 Å². The highest BCUT2D eigenvalue weighted by Crippen LogP contribution is 2.28. The molecule has 3 unspecified atom stereocenters. The molecule has 0 aromatic heterocycles. The van der Waals surface area contributed by atoms with E-state index in [1.165, 1.54) is 186 Å². The molecular formula is C60H114NO3+. The van der Waals surface area contributed by atoms with Crippen LogP contribution in [0.2, 0.25) is 0 Å². The molecular weight excluding hydrogens is 783 g/mol. The van der Waals surface area contributed by atoms with Gasteiger partial charge in [0.15, 0.2) is 6.23 Å². The average molecular weight is 898 g/mol. The largest absolute Gasteiger partial charge is 0.328 e. The molecule has 0 aromatic rings. The summed E-state index contributed by atoms with van der Waals surface area (Å²) in [5.41, 5.74) is 0. The quantitative estimate of drug-likeness (QED) is 0.0264. The Morgan fingerprint density at radius 2 is 0.656 bits per heavy atom. The molecule has 0 aliphatic heterocycles. The summed E-state index contributed by atoms with van der Waals surface area (Å²) < 4.78 is 7.33. The van der Waals surface area contributed by atoms with Crippen LogP contribution in [0.3, 0.4) is 0 Å². The van der Waals surface area contributed by atoms with E-state index < -0.39 is 0 Å². The zero-order chi connectivity index (χ0) is 47.0. The molecule has 64 heavy (non-hydrogen) atoms. The van der Waals surface area contributed by atoms with Gasteiger partial charge in [-0.25, -0.2) is 0 Å². The fourth-order valence-corrected chi connectivity index (χ4v) is 9.32. The van der Waals surface area contributed by atoms with E-state index in [0.717, 1.165) is 64.2 Å². The Morgan fingerprint density at radius 3 is 0.969 bits per heavy atom. The van der Waals surface area contributed by atoms with E-state index in [1.807, 2.05) is 0 Å². The Bertz CT molecular complexity index is 1080. The Morgan fingerprint density at radius 1 is 0.375 bits per heavy atom. The predicted octanol–water partition coefficient (Wildman–Crippen LogP) is 19.1. The molecule has 0 spiro atoms. The topological polar surface area (TPSA) is 43.4 Å². The third-order valence-corrected chi connectivity index (χ3v) is 13.6. The highest BCUT2D eigenvalue weighted by atomic mass is 16.5. The number of hydrogen-bond donors (Lipinski definition) is 0. The maximum atomic E-state index is 14.3. The summed E-state index contributed by atoms with van der Waals surface area (Å²) in [5.74, 6) is 0.0431. The van der Waals surface area contributed by atoms with Gasteiger partial charge in [-0.3, -0.25) is 9.59 Å². The average Bonchev–Trinajstić information content (AvgIpc) is 3.27.